The van der Waals surface area contributed by atoms with Crippen molar-refractivity contribution in [2.75, 3.05) is 6.54 Å². The number of fused-ring (bicyclic) bond motifs is 1. The van der Waals surface area contributed by atoms with Crippen LogP contribution in [-0.2, 0) is 10.0 Å². The van der Waals surface area contributed by atoms with Gasteiger partial charge in [-0.2, -0.15) is 0 Å². The predicted molar refractivity (Wildman–Crippen MR) is 92.7 cm³/mol. The van der Waals surface area contributed by atoms with Crippen LogP contribution in [0.1, 0.15) is 60.2 Å². The van der Waals surface area contributed by atoms with E-state index in [9.17, 15) is 18.0 Å². The molecule has 1 aromatic rings. The number of benzene rings is 1. The van der Waals surface area contributed by atoms with Gasteiger partial charge in [-0.15, -0.1) is 0 Å². The number of hydrogen-bond donors (Lipinski definition) is 2. The van der Waals surface area contributed by atoms with Gasteiger partial charge in [0.1, 0.15) is 4.90 Å². The third kappa shape index (κ3) is 2.83. The van der Waals surface area contributed by atoms with Crippen molar-refractivity contribution in [3.05, 3.63) is 29.3 Å². The Balaban J connectivity index is 1.94. The maximum Gasteiger partial charge on any atom is 0.269 e. The molecule has 1 fully saturated rings. The largest absolute Gasteiger partial charge is 0.345 e. The highest BCUT2D eigenvalue weighted by Gasteiger charge is 2.43. The first-order valence-corrected chi connectivity index (χ1v) is 9.91. The highest BCUT2D eigenvalue weighted by Crippen LogP contribution is 2.33. The number of sulfonamides is 1. The van der Waals surface area contributed by atoms with Crippen LogP contribution in [0.2, 0.25) is 0 Å². The summed E-state index contributed by atoms with van der Waals surface area (Å²) in [7, 11) is -3.92. The van der Waals surface area contributed by atoms with Gasteiger partial charge in [-0.25, -0.2) is 12.7 Å². The van der Waals surface area contributed by atoms with E-state index in [-0.39, 0.29) is 21.9 Å². The summed E-state index contributed by atoms with van der Waals surface area (Å²) in [6.07, 6.45) is 3.65. The third-order valence-corrected chi connectivity index (χ3v) is 7.01. The van der Waals surface area contributed by atoms with Crippen molar-refractivity contribution < 1.29 is 18.0 Å². The Bertz CT molecular complexity index is 826. The molecule has 1 aliphatic carbocycles. The molecule has 0 radical (unpaired) electrons. The van der Waals surface area contributed by atoms with Gasteiger partial charge in [-0.3, -0.25) is 9.59 Å². The van der Waals surface area contributed by atoms with Crippen molar-refractivity contribution in [1.29, 1.82) is 0 Å². The van der Waals surface area contributed by atoms with Crippen LogP contribution in [0.5, 0.6) is 0 Å². The standard InChI is InChI=1S/C17H23N3O4S/c1-11(2)20-16(22)13-6-5-12(9-14(13)25(20,23)24)15(21)19-17(10-18)7-3-4-8-17/h5-6,9,11H,3-4,7-8,10,18H2,1-2H3,(H,19,21). The molecule has 0 aromatic heterocycles. The molecular formula is C17H23N3O4S. The van der Waals surface area contributed by atoms with Gasteiger partial charge in [-0.1, -0.05) is 12.8 Å². The molecule has 0 atom stereocenters. The lowest BCUT2D eigenvalue weighted by molar-refractivity contribution is 0.0844. The van der Waals surface area contributed by atoms with Gasteiger partial charge in [0.25, 0.3) is 21.8 Å². The maximum atomic E-state index is 12.6. The van der Waals surface area contributed by atoms with E-state index < -0.39 is 27.5 Å². The molecule has 8 heteroatoms. The summed E-state index contributed by atoms with van der Waals surface area (Å²) in [6, 6.07) is 3.71. The lowest BCUT2D eigenvalue weighted by Gasteiger charge is -2.28. The Morgan fingerprint density at radius 2 is 1.96 bits per heavy atom. The summed E-state index contributed by atoms with van der Waals surface area (Å²) in [6.45, 7) is 3.63. The molecule has 1 heterocycles. The van der Waals surface area contributed by atoms with Crippen LogP contribution in [0.4, 0.5) is 0 Å². The van der Waals surface area contributed by atoms with Crippen molar-refractivity contribution in [3.63, 3.8) is 0 Å². The van der Waals surface area contributed by atoms with E-state index in [1.54, 1.807) is 13.8 Å². The van der Waals surface area contributed by atoms with Crippen LogP contribution in [0.25, 0.3) is 0 Å². The molecule has 2 aliphatic rings. The number of amides is 2. The second kappa shape index (κ2) is 6.10. The normalized spacial score (nSPS) is 20.8. The highest BCUT2D eigenvalue weighted by atomic mass is 32.2. The van der Waals surface area contributed by atoms with Gasteiger partial charge in [0.15, 0.2) is 0 Å². The van der Waals surface area contributed by atoms with Gasteiger partial charge in [0.2, 0.25) is 0 Å². The molecule has 1 saturated carbocycles. The first-order valence-electron chi connectivity index (χ1n) is 8.47. The fourth-order valence-electron chi connectivity index (χ4n) is 3.64. The second-order valence-corrected chi connectivity index (χ2v) is 8.84. The Kier molecular flexibility index (Phi) is 4.36. The zero-order valence-corrected chi connectivity index (χ0v) is 15.2. The minimum Gasteiger partial charge on any atom is -0.345 e. The van der Waals surface area contributed by atoms with Gasteiger partial charge in [0.05, 0.1) is 11.1 Å². The Hall–Kier alpha value is -1.93. The molecule has 7 nitrogen and oxygen atoms in total. The number of carbonyl (C=O) groups excluding carboxylic acids is 2. The van der Waals surface area contributed by atoms with Gasteiger partial charge >= 0.3 is 0 Å². The van der Waals surface area contributed by atoms with Crippen LogP contribution in [0.15, 0.2) is 23.1 Å². The molecule has 0 saturated heterocycles. The van der Waals surface area contributed by atoms with Crippen LogP contribution in [-0.4, -0.2) is 42.7 Å². The number of nitrogens with one attached hydrogen (secondary N) is 1. The van der Waals surface area contributed by atoms with Crippen molar-refractivity contribution in [3.8, 4) is 0 Å². The average molecular weight is 365 g/mol. The summed E-state index contributed by atoms with van der Waals surface area (Å²) in [5.74, 6) is -0.910. The summed E-state index contributed by atoms with van der Waals surface area (Å²) in [5, 5.41) is 2.96. The predicted octanol–water partition coefficient (Wildman–Crippen LogP) is 1.24. The average Bonchev–Trinajstić information content (AvgIpc) is 3.09. The van der Waals surface area contributed by atoms with Gasteiger partial charge in [-0.05, 0) is 44.9 Å². The zero-order valence-electron chi connectivity index (χ0n) is 14.4. The number of nitrogens with zero attached hydrogens (tertiary/aromatic N) is 1. The van der Waals surface area contributed by atoms with E-state index in [4.69, 9.17) is 5.73 Å². The molecular weight excluding hydrogens is 342 g/mol. The fraction of sp³-hybridized carbons (Fsp3) is 0.529. The zero-order chi connectivity index (χ0) is 18.4. The van der Waals surface area contributed by atoms with Crippen LogP contribution < -0.4 is 11.1 Å². The first-order chi connectivity index (χ1) is 11.7. The maximum absolute atomic E-state index is 12.6. The van der Waals surface area contributed by atoms with E-state index in [1.165, 1.54) is 18.2 Å². The summed E-state index contributed by atoms with van der Waals surface area (Å²) >= 11 is 0. The van der Waals surface area contributed by atoms with Crippen molar-refractivity contribution >= 4 is 21.8 Å². The van der Waals surface area contributed by atoms with E-state index in [0.29, 0.717) is 6.54 Å². The summed E-state index contributed by atoms with van der Waals surface area (Å²) in [5.41, 5.74) is 5.75. The molecule has 136 valence electrons. The monoisotopic (exact) mass is 365 g/mol. The molecule has 0 bridgehead atoms. The molecule has 0 unspecified atom stereocenters. The number of rotatable bonds is 4. The molecule has 1 aliphatic heterocycles. The van der Waals surface area contributed by atoms with E-state index in [0.717, 1.165) is 30.0 Å². The van der Waals surface area contributed by atoms with E-state index in [2.05, 4.69) is 5.32 Å². The minimum atomic E-state index is -3.92. The molecule has 1 aromatic carbocycles. The number of hydrogen-bond acceptors (Lipinski definition) is 5. The summed E-state index contributed by atoms with van der Waals surface area (Å²) in [4.78, 5) is 24.8. The molecule has 3 rings (SSSR count). The van der Waals surface area contributed by atoms with E-state index in [1.807, 2.05) is 0 Å². The molecule has 25 heavy (non-hydrogen) atoms. The Morgan fingerprint density at radius 1 is 1.32 bits per heavy atom. The molecule has 3 N–H and O–H groups in total. The lowest BCUT2D eigenvalue weighted by atomic mass is 9.97. The quantitative estimate of drug-likeness (QED) is 0.834. The smallest absolute Gasteiger partial charge is 0.269 e. The Morgan fingerprint density at radius 3 is 2.52 bits per heavy atom. The van der Waals surface area contributed by atoms with Crippen LogP contribution in [0, 0.1) is 0 Å². The van der Waals surface area contributed by atoms with Crippen LogP contribution in [0.3, 0.4) is 0 Å². The lowest BCUT2D eigenvalue weighted by Crippen LogP contribution is -2.51. The molecule has 0 spiro atoms. The highest BCUT2D eigenvalue weighted by molar-refractivity contribution is 7.90. The van der Waals surface area contributed by atoms with Crippen molar-refractivity contribution in [1.82, 2.24) is 9.62 Å². The SMILES string of the molecule is CC(C)N1C(=O)c2ccc(C(=O)NC3(CN)CCCC3)cc2S1(=O)=O. The second-order valence-electron chi connectivity index (χ2n) is 7.06. The first kappa shape index (κ1) is 17.9. The van der Waals surface area contributed by atoms with Crippen molar-refractivity contribution in [2.45, 2.75) is 56.0 Å². The molecule has 2 amide bonds. The van der Waals surface area contributed by atoms with Gasteiger partial charge in [0, 0.05) is 18.2 Å². The van der Waals surface area contributed by atoms with Crippen molar-refractivity contribution in [2.24, 2.45) is 5.73 Å². The topological polar surface area (TPSA) is 110 Å². The Labute approximate surface area is 147 Å². The van der Waals surface area contributed by atoms with E-state index >= 15 is 0 Å². The minimum absolute atomic E-state index is 0.105. The fourth-order valence-corrected chi connectivity index (χ4v) is 5.44. The number of nitrogens with two attached hydrogens (primary N) is 1. The van der Waals surface area contributed by atoms with Gasteiger partial charge < -0.3 is 11.1 Å². The number of carbonyl (C=O) groups is 2. The third-order valence-electron chi connectivity index (χ3n) is 5.01. The van der Waals surface area contributed by atoms with Crippen LogP contribution >= 0.6 is 0 Å². The summed E-state index contributed by atoms with van der Waals surface area (Å²) < 4.78 is 26.1.